The van der Waals surface area contributed by atoms with Gasteiger partial charge in [0.25, 0.3) is 0 Å². The van der Waals surface area contributed by atoms with E-state index in [0.29, 0.717) is 17.1 Å². The maximum Gasteiger partial charge on any atom is 0.319 e. The van der Waals surface area contributed by atoms with Crippen LogP contribution >= 0.6 is 11.3 Å². The zero-order valence-electron chi connectivity index (χ0n) is 9.76. The molecule has 0 radical (unpaired) electrons. The molecule has 6 heteroatoms. The molecule has 5 nitrogen and oxygen atoms in total. The molecule has 1 saturated carbocycles. The van der Waals surface area contributed by atoms with Gasteiger partial charge in [0.2, 0.25) is 0 Å². The zero-order valence-corrected chi connectivity index (χ0v) is 10.6. The fourth-order valence-electron chi connectivity index (χ4n) is 2.20. The number of rotatable bonds is 4. The van der Waals surface area contributed by atoms with E-state index >= 15 is 0 Å². The highest BCUT2D eigenvalue weighted by Crippen LogP contribution is 2.35. The third-order valence-electron chi connectivity index (χ3n) is 3.46. The molecule has 2 aromatic rings. The molecule has 1 aliphatic rings. The Hall–Kier alpha value is -1.69. The average Bonchev–Trinajstić information content (AvgIpc) is 2.73. The van der Waals surface area contributed by atoms with Gasteiger partial charge in [-0.3, -0.25) is 10.1 Å². The van der Waals surface area contributed by atoms with Crippen LogP contribution in [0.5, 0.6) is 0 Å². The van der Waals surface area contributed by atoms with Crippen molar-refractivity contribution in [3.05, 3.63) is 27.8 Å². The molecule has 1 aromatic heterocycles. The highest BCUT2D eigenvalue weighted by molar-refractivity contribution is 7.16. The molecule has 1 aliphatic carbocycles. The lowest BCUT2D eigenvalue weighted by Gasteiger charge is -2.25. The van der Waals surface area contributed by atoms with Gasteiger partial charge in [0.05, 0.1) is 15.1 Å². The van der Waals surface area contributed by atoms with Crippen LogP contribution in [0.15, 0.2) is 17.6 Å². The molecule has 18 heavy (non-hydrogen) atoms. The minimum absolute atomic E-state index is 0.105. The first-order valence-electron chi connectivity index (χ1n) is 6.00. The van der Waals surface area contributed by atoms with Gasteiger partial charge < -0.3 is 5.32 Å². The van der Waals surface area contributed by atoms with Gasteiger partial charge in [-0.2, -0.15) is 0 Å². The second-order valence-electron chi connectivity index (χ2n) is 4.60. The maximum absolute atomic E-state index is 11.2. The predicted octanol–water partition coefficient (Wildman–Crippen LogP) is 3.42. The van der Waals surface area contributed by atoms with Crippen molar-refractivity contribution in [2.75, 3.05) is 11.9 Å². The van der Waals surface area contributed by atoms with Gasteiger partial charge in [-0.25, -0.2) is 4.98 Å². The SMILES string of the molecule is O=[N+]([O-])c1c(NCC2CCC2)ccc2scnc12. The third-order valence-corrected chi connectivity index (χ3v) is 4.26. The van der Waals surface area contributed by atoms with E-state index in [9.17, 15) is 10.1 Å². The van der Waals surface area contributed by atoms with Crippen molar-refractivity contribution < 1.29 is 4.92 Å². The Morgan fingerprint density at radius 1 is 1.50 bits per heavy atom. The van der Waals surface area contributed by atoms with Crippen molar-refractivity contribution in [2.24, 2.45) is 5.92 Å². The van der Waals surface area contributed by atoms with Crippen molar-refractivity contribution in [2.45, 2.75) is 19.3 Å². The van der Waals surface area contributed by atoms with Gasteiger partial charge in [0.1, 0.15) is 5.69 Å². The fraction of sp³-hybridized carbons (Fsp3) is 0.417. The van der Waals surface area contributed by atoms with E-state index in [1.165, 1.54) is 30.6 Å². The van der Waals surface area contributed by atoms with Gasteiger partial charge in [-0.05, 0) is 30.9 Å². The van der Waals surface area contributed by atoms with Crippen molar-refractivity contribution in [1.82, 2.24) is 4.98 Å². The van der Waals surface area contributed by atoms with Gasteiger partial charge in [-0.15, -0.1) is 11.3 Å². The molecule has 0 saturated heterocycles. The Kier molecular flexibility index (Phi) is 2.87. The molecule has 0 amide bonds. The number of nitro groups is 1. The molecule has 3 rings (SSSR count). The van der Waals surface area contributed by atoms with Crippen molar-refractivity contribution in [1.29, 1.82) is 0 Å². The Labute approximate surface area is 108 Å². The Morgan fingerprint density at radius 2 is 2.33 bits per heavy atom. The second kappa shape index (κ2) is 4.53. The Balaban J connectivity index is 1.93. The maximum atomic E-state index is 11.2. The monoisotopic (exact) mass is 263 g/mol. The summed E-state index contributed by atoms with van der Waals surface area (Å²) in [6.45, 7) is 0.816. The van der Waals surface area contributed by atoms with Crippen molar-refractivity contribution in [3.8, 4) is 0 Å². The summed E-state index contributed by atoms with van der Waals surface area (Å²) in [7, 11) is 0. The van der Waals surface area contributed by atoms with Crippen LogP contribution in [-0.4, -0.2) is 16.5 Å². The Morgan fingerprint density at radius 3 is 3.00 bits per heavy atom. The van der Waals surface area contributed by atoms with Crippen molar-refractivity contribution >= 4 is 32.9 Å². The van der Waals surface area contributed by atoms with E-state index in [1.54, 1.807) is 11.6 Å². The number of nitro benzene ring substituents is 1. The number of benzene rings is 1. The standard InChI is InChI=1S/C12H13N3O2S/c16-15(17)12-9(13-6-8-2-1-3-8)4-5-10-11(12)14-7-18-10/h4-5,7-8,13H,1-3,6H2. The average molecular weight is 263 g/mol. The summed E-state index contributed by atoms with van der Waals surface area (Å²) >= 11 is 1.42. The lowest BCUT2D eigenvalue weighted by atomic mass is 9.85. The van der Waals surface area contributed by atoms with Crippen LogP contribution in [0, 0.1) is 16.0 Å². The zero-order chi connectivity index (χ0) is 12.5. The van der Waals surface area contributed by atoms with Crippen LogP contribution in [-0.2, 0) is 0 Å². The van der Waals surface area contributed by atoms with Gasteiger partial charge in [0, 0.05) is 6.54 Å². The number of thiazole rings is 1. The quantitative estimate of drug-likeness (QED) is 0.678. The van der Waals surface area contributed by atoms with E-state index in [-0.39, 0.29) is 10.6 Å². The lowest BCUT2D eigenvalue weighted by Crippen LogP contribution is -2.21. The van der Waals surface area contributed by atoms with E-state index in [2.05, 4.69) is 10.3 Å². The second-order valence-corrected chi connectivity index (χ2v) is 5.48. The van der Waals surface area contributed by atoms with Gasteiger partial charge >= 0.3 is 5.69 Å². The summed E-state index contributed by atoms with van der Waals surface area (Å²) in [4.78, 5) is 14.9. The number of nitrogens with zero attached hydrogens (tertiary/aromatic N) is 2. The molecule has 0 aliphatic heterocycles. The predicted molar refractivity (Wildman–Crippen MR) is 72.1 cm³/mol. The third kappa shape index (κ3) is 1.92. The minimum atomic E-state index is -0.342. The molecule has 1 N–H and O–H groups in total. The lowest BCUT2D eigenvalue weighted by molar-refractivity contribution is -0.382. The molecule has 94 valence electrons. The molecule has 0 unspecified atom stereocenters. The molecule has 1 aromatic carbocycles. The van der Waals surface area contributed by atoms with Gasteiger partial charge in [0.15, 0.2) is 5.52 Å². The van der Waals surface area contributed by atoms with Crippen LogP contribution < -0.4 is 5.32 Å². The van der Waals surface area contributed by atoms with E-state index in [1.807, 2.05) is 6.07 Å². The summed E-state index contributed by atoms with van der Waals surface area (Å²) in [5.41, 5.74) is 2.83. The van der Waals surface area contributed by atoms with Crippen LogP contribution in [0.3, 0.4) is 0 Å². The summed E-state index contributed by atoms with van der Waals surface area (Å²) in [6.07, 6.45) is 3.72. The molecule has 1 heterocycles. The normalized spacial score (nSPS) is 15.6. The number of aromatic nitrogens is 1. The van der Waals surface area contributed by atoms with Crippen LogP contribution in [0.2, 0.25) is 0 Å². The van der Waals surface area contributed by atoms with Crippen LogP contribution in [0.25, 0.3) is 10.2 Å². The number of hydrogen-bond donors (Lipinski definition) is 1. The van der Waals surface area contributed by atoms with Gasteiger partial charge in [-0.1, -0.05) is 6.42 Å². The van der Waals surface area contributed by atoms with E-state index in [0.717, 1.165) is 11.2 Å². The van der Waals surface area contributed by atoms with E-state index < -0.39 is 0 Å². The van der Waals surface area contributed by atoms with Crippen LogP contribution in [0.1, 0.15) is 19.3 Å². The van der Waals surface area contributed by atoms with Crippen molar-refractivity contribution in [3.63, 3.8) is 0 Å². The molecule has 0 bridgehead atoms. The smallest absolute Gasteiger partial charge is 0.319 e. The first-order valence-corrected chi connectivity index (χ1v) is 6.88. The molecular weight excluding hydrogens is 250 g/mol. The largest absolute Gasteiger partial charge is 0.379 e. The molecular formula is C12H13N3O2S. The summed E-state index contributed by atoms with van der Waals surface area (Å²) in [5.74, 6) is 0.663. The summed E-state index contributed by atoms with van der Waals surface area (Å²) < 4.78 is 0.857. The van der Waals surface area contributed by atoms with Crippen LogP contribution in [0.4, 0.5) is 11.4 Å². The summed E-state index contributed by atoms with van der Waals surface area (Å²) in [5, 5.41) is 14.4. The highest BCUT2D eigenvalue weighted by Gasteiger charge is 2.22. The number of fused-ring (bicyclic) bond motifs is 1. The first-order chi connectivity index (χ1) is 8.75. The fourth-order valence-corrected chi connectivity index (χ4v) is 2.87. The molecule has 0 atom stereocenters. The topological polar surface area (TPSA) is 68.1 Å². The molecule has 1 fully saturated rings. The minimum Gasteiger partial charge on any atom is -0.379 e. The highest BCUT2D eigenvalue weighted by atomic mass is 32.1. The summed E-state index contributed by atoms with van der Waals surface area (Å²) in [6, 6.07) is 3.68. The number of anilines is 1. The van der Waals surface area contributed by atoms with E-state index in [4.69, 9.17) is 0 Å². The number of nitrogens with one attached hydrogen (secondary N) is 1. The molecule has 0 spiro atoms. The number of hydrogen-bond acceptors (Lipinski definition) is 5. The first kappa shape index (κ1) is 11.4. The Bertz CT molecular complexity index is 592.